The molecular weight excluding hydrogens is 291 g/mol. The van der Waals surface area contributed by atoms with Crippen molar-refractivity contribution < 1.29 is 4.39 Å². The molecule has 1 saturated carbocycles. The number of nitrogens with zero attached hydrogens (tertiary/aromatic N) is 1. The first-order valence-corrected chi connectivity index (χ1v) is 8.59. The second-order valence-electron chi connectivity index (χ2n) is 5.41. The van der Waals surface area contributed by atoms with Crippen LogP contribution in [-0.4, -0.2) is 20.6 Å². The largest absolute Gasteiger partial charge is 0.330 e. The summed E-state index contributed by atoms with van der Waals surface area (Å²) < 4.78 is 16.6. The molecule has 2 aromatic rings. The van der Waals surface area contributed by atoms with E-state index in [0.717, 1.165) is 28.0 Å². The van der Waals surface area contributed by atoms with Crippen LogP contribution < -0.4 is 0 Å². The summed E-state index contributed by atoms with van der Waals surface area (Å²) in [5.41, 5.74) is 2.53. The van der Waals surface area contributed by atoms with E-state index in [1.807, 2.05) is 24.8 Å². The summed E-state index contributed by atoms with van der Waals surface area (Å²) in [6.07, 6.45) is 3.66. The molecule has 2 atom stereocenters. The lowest BCUT2D eigenvalue weighted by molar-refractivity contribution is 0.536. The van der Waals surface area contributed by atoms with Crippen LogP contribution in [0.15, 0.2) is 12.1 Å². The first-order valence-electron chi connectivity index (χ1n) is 7.13. The van der Waals surface area contributed by atoms with E-state index >= 15 is 0 Å². The van der Waals surface area contributed by atoms with Crippen molar-refractivity contribution in [1.29, 1.82) is 0 Å². The summed E-state index contributed by atoms with van der Waals surface area (Å²) >= 11 is 7.50. The van der Waals surface area contributed by atoms with Crippen LogP contribution in [-0.2, 0) is 0 Å². The smallest absolute Gasteiger partial charge is 0.178 e. The Labute approximate surface area is 127 Å². The summed E-state index contributed by atoms with van der Waals surface area (Å²) in [7, 11) is 0. The number of hydrogen-bond acceptors (Lipinski definition) is 2. The molecule has 2 nitrogen and oxygen atoms in total. The summed E-state index contributed by atoms with van der Waals surface area (Å²) in [4.78, 5) is 3.16. The van der Waals surface area contributed by atoms with Gasteiger partial charge in [-0.05, 0) is 55.4 Å². The van der Waals surface area contributed by atoms with Crippen molar-refractivity contribution in [3.8, 4) is 0 Å². The number of halogens is 1. The number of benzene rings is 1. The standard InChI is InChI=1S/C15H19FN2S2/c1-3-20-14-6-4-5-12(14)18-13-7-9(2)10(16)8-11(13)17-15(18)19/h7-8,12,14H,3-6H2,1-2H3,(H,17,19). The van der Waals surface area contributed by atoms with Crippen LogP contribution in [0.2, 0.25) is 0 Å². The Kier molecular flexibility index (Phi) is 3.91. The maximum atomic E-state index is 13.7. The maximum absolute atomic E-state index is 13.7. The fraction of sp³-hybridized carbons (Fsp3) is 0.533. The molecular formula is C15H19FN2S2. The highest BCUT2D eigenvalue weighted by Gasteiger charge is 2.30. The average Bonchev–Trinajstić information content (AvgIpc) is 2.95. The van der Waals surface area contributed by atoms with E-state index < -0.39 is 0 Å². The van der Waals surface area contributed by atoms with Crippen molar-refractivity contribution in [1.82, 2.24) is 9.55 Å². The third-order valence-electron chi connectivity index (χ3n) is 4.13. The van der Waals surface area contributed by atoms with E-state index in [2.05, 4.69) is 16.5 Å². The third kappa shape index (κ3) is 2.31. The molecule has 1 N–H and O–H groups in total. The van der Waals surface area contributed by atoms with Gasteiger partial charge in [-0.3, -0.25) is 0 Å². The van der Waals surface area contributed by atoms with E-state index in [-0.39, 0.29) is 5.82 Å². The lowest BCUT2D eigenvalue weighted by Gasteiger charge is -2.21. The van der Waals surface area contributed by atoms with Crippen LogP contribution in [0.1, 0.15) is 37.8 Å². The monoisotopic (exact) mass is 310 g/mol. The number of aromatic nitrogens is 2. The number of imidazole rings is 1. The van der Waals surface area contributed by atoms with E-state index in [4.69, 9.17) is 12.2 Å². The second-order valence-corrected chi connectivity index (χ2v) is 7.31. The van der Waals surface area contributed by atoms with Gasteiger partial charge in [0.05, 0.1) is 11.0 Å². The average molecular weight is 310 g/mol. The zero-order valence-electron chi connectivity index (χ0n) is 11.8. The van der Waals surface area contributed by atoms with Crippen molar-refractivity contribution in [2.45, 2.75) is 44.4 Å². The van der Waals surface area contributed by atoms with Gasteiger partial charge in [0.2, 0.25) is 0 Å². The number of thioether (sulfide) groups is 1. The molecule has 0 spiro atoms. The van der Waals surface area contributed by atoms with Gasteiger partial charge >= 0.3 is 0 Å². The normalized spacial score (nSPS) is 22.8. The highest BCUT2D eigenvalue weighted by Crippen LogP contribution is 2.40. The number of H-pyrrole nitrogens is 1. The maximum Gasteiger partial charge on any atom is 0.178 e. The quantitative estimate of drug-likeness (QED) is 0.806. The Bertz CT molecular complexity index is 689. The van der Waals surface area contributed by atoms with E-state index in [0.29, 0.717) is 16.9 Å². The van der Waals surface area contributed by atoms with Gasteiger partial charge in [-0.25, -0.2) is 4.39 Å². The number of rotatable bonds is 3. The molecule has 3 rings (SSSR count). The van der Waals surface area contributed by atoms with E-state index in [9.17, 15) is 4.39 Å². The lowest BCUT2D eigenvalue weighted by atomic mass is 10.2. The Balaban J connectivity index is 2.13. The molecule has 1 aromatic heterocycles. The summed E-state index contributed by atoms with van der Waals surface area (Å²) in [5.74, 6) is 0.955. The predicted octanol–water partition coefficient (Wildman–Crippen LogP) is 4.99. The minimum absolute atomic E-state index is 0.174. The topological polar surface area (TPSA) is 20.7 Å². The van der Waals surface area contributed by atoms with Gasteiger partial charge in [0.15, 0.2) is 4.77 Å². The van der Waals surface area contributed by atoms with Gasteiger partial charge in [-0.15, -0.1) is 0 Å². The molecule has 0 aliphatic heterocycles. The van der Waals surface area contributed by atoms with Gasteiger partial charge < -0.3 is 9.55 Å². The molecule has 1 aliphatic rings. The SMILES string of the molecule is CCSC1CCCC1n1c(=S)[nH]c2cc(F)c(C)cc21. The van der Waals surface area contributed by atoms with Gasteiger partial charge in [-0.2, -0.15) is 11.8 Å². The molecule has 1 fully saturated rings. The Morgan fingerprint density at radius 2 is 2.25 bits per heavy atom. The van der Waals surface area contributed by atoms with E-state index in [1.54, 1.807) is 6.07 Å². The number of fused-ring (bicyclic) bond motifs is 1. The molecule has 0 radical (unpaired) electrons. The number of nitrogens with one attached hydrogen (secondary N) is 1. The van der Waals surface area contributed by atoms with Gasteiger partial charge in [0.25, 0.3) is 0 Å². The van der Waals surface area contributed by atoms with Crippen LogP contribution in [0.25, 0.3) is 11.0 Å². The molecule has 1 heterocycles. The molecule has 20 heavy (non-hydrogen) atoms. The first-order chi connectivity index (χ1) is 9.61. The summed E-state index contributed by atoms with van der Waals surface area (Å²) in [6, 6.07) is 3.92. The highest BCUT2D eigenvalue weighted by molar-refractivity contribution is 7.99. The first kappa shape index (κ1) is 14.1. The highest BCUT2D eigenvalue weighted by atomic mass is 32.2. The van der Waals surface area contributed by atoms with Gasteiger partial charge in [0.1, 0.15) is 5.82 Å². The van der Waals surface area contributed by atoms with Crippen LogP contribution in [0, 0.1) is 17.5 Å². The summed E-state index contributed by atoms with van der Waals surface area (Å²) in [5, 5.41) is 0.621. The van der Waals surface area contributed by atoms with Crippen LogP contribution in [0.4, 0.5) is 4.39 Å². The summed E-state index contributed by atoms with van der Waals surface area (Å²) in [6.45, 7) is 4.01. The van der Waals surface area contributed by atoms with Crippen molar-refractivity contribution >= 4 is 35.0 Å². The molecule has 108 valence electrons. The molecule has 1 aromatic carbocycles. The minimum atomic E-state index is -0.174. The van der Waals surface area contributed by atoms with Crippen LogP contribution in [0.3, 0.4) is 0 Å². The van der Waals surface area contributed by atoms with Crippen LogP contribution >= 0.6 is 24.0 Å². The Hall–Kier alpha value is -0.810. The van der Waals surface area contributed by atoms with Crippen molar-refractivity contribution in [2.75, 3.05) is 5.75 Å². The van der Waals surface area contributed by atoms with Crippen molar-refractivity contribution in [3.05, 3.63) is 28.3 Å². The molecule has 0 bridgehead atoms. The number of aromatic amines is 1. The number of hydrogen-bond donors (Lipinski definition) is 1. The van der Waals surface area contributed by atoms with Crippen LogP contribution in [0.5, 0.6) is 0 Å². The Morgan fingerprint density at radius 3 is 3.00 bits per heavy atom. The minimum Gasteiger partial charge on any atom is -0.330 e. The fourth-order valence-corrected chi connectivity index (χ4v) is 4.78. The molecule has 1 aliphatic carbocycles. The lowest BCUT2D eigenvalue weighted by Crippen LogP contribution is -2.16. The van der Waals surface area contributed by atoms with Gasteiger partial charge in [0, 0.05) is 11.3 Å². The van der Waals surface area contributed by atoms with Crippen molar-refractivity contribution in [3.63, 3.8) is 0 Å². The molecule has 2 unspecified atom stereocenters. The zero-order valence-corrected chi connectivity index (χ0v) is 13.4. The van der Waals surface area contributed by atoms with E-state index in [1.165, 1.54) is 12.8 Å². The van der Waals surface area contributed by atoms with Crippen molar-refractivity contribution in [2.24, 2.45) is 0 Å². The zero-order chi connectivity index (χ0) is 14.3. The fourth-order valence-electron chi connectivity index (χ4n) is 3.19. The predicted molar refractivity (Wildman–Crippen MR) is 86.6 cm³/mol. The Morgan fingerprint density at radius 1 is 1.45 bits per heavy atom. The third-order valence-corrected chi connectivity index (χ3v) is 5.74. The number of aryl methyl sites for hydroxylation is 1. The second kappa shape index (κ2) is 5.53. The molecule has 5 heteroatoms. The molecule has 0 saturated heterocycles. The molecule has 0 amide bonds. The van der Waals surface area contributed by atoms with Gasteiger partial charge in [-0.1, -0.05) is 13.3 Å².